The molecule has 1 aliphatic heterocycles. The Bertz CT molecular complexity index is 1380. The molecule has 1 atom stereocenters. The molecule has 0 bridgehead atoms. The van der Waals surface area contributed by atoms with Gasteiger partial charge in [-0.25, -0.2) is 4.79 Å². The highest BCUT2D eigenvalue weighted by atomic mass is 79.9. The molecule has 0 aliphatic carbocycles. The van der Waals surface area contributed by atoms with Gasteiger partial charge in [-0.3, -0.25) is 0 Å². The maximum atomic E-state index is 12.6. The molecule has 1 unspecified atom stereocenters. The van der Waals surface area contributed by atoms with Crippen LogP contribution in [0, 0.1) is 11.3 Å². The Labute approximate surface area is 230 Å². The number of nitrogens with two attached hydrogens (primary N) is 1. The average molecular weight is 577 g/mol. The van der Waals surface area contributed by atoms with Crippen molar-refractivity contribution < 1.29 is 23.7 Å². The van der Waals surface area contributed by atoms with Crippen molar-refractivity contribution in [2.45, 2.75) is 38.5 Å². The van der Waals surface area contributed by atoms with Crippen LogP contribution in [0.4, 0.5) is 0 Å². The molecule has 8 heteroatoms. The molecule has 0 fully saturated rings. The molecule has 1 heterocycles. The number of benzene rings is 3. The van der Waals surface area contributed by atoms with Crippen molar-refractivity contribution in [2.75, 3.05) is 13.7 Å². The summed E-state index contributed by atoms with van der Waals surface area (Å²) in [6, 6.07) is 19.7. The van der Waals surface area contributed by atoms with Crippen LogP contribution in [-0.4, -0.2) is 19.7 Å². The third kappa shape index (κ3) is 6.12. The second-order valence-corrected chi connectivity index (χ2v) is 9.76. The van der Waals surface area contributed by atoms with Crippen molar-refractivity contribution >= 4 is 21.9 Å². The standard InChI is InChI=1S/C30H29BrN2O5/c1-3-4-5-6-15-36-25-14-9-20(16-27(25)35-2)28-23-13-12-22(17-26(23)38-29(33)24(28)18-32)37-30(34)19-7-10-21(31)11-8-19/h7-14,16-17,28H,3-6,15,33H2,1-2H3. The molecule has 0 spiro atoms. The fourth-order valence-electron chi connectivity index (χ4n) is 4.29. The lowest BCUT2D eigenvalue weighted by molar-refractivity contribution is 0.0734. The van der Waals surface area contributed by atoms with Gasteiger partial charge in [-0.05, 0) is 54.4 Å². The van der Waals surface area contributed by atoms with Gasteiger partial charge < -0.3 is 24.7 Å². The number of unbranched alkanes of at least 4 members (excludes halogenated alkanes) is 3. The van der Waals surface area contributed by atoms with Crippen LogP contribution in [0.15, 0.2) is 76.6 Å². The van der Waals surface area contributed by atoms with E-state index < -0.39 is 11.9 Å². The summed E-state index contributed by atoms with van der Waals surface area (Å²) in [5.41, 5.74) is 8.37. The van der Waals surface area contributed by atoms with Crippen LogP contribution in [-0.2, 0) is 0 Å². The lowest BCUT2D eigenvalue weighted by Gasteiger charge is -2.27. The van der Waals surface area contributed by atoms with Crippen LogP contribution in [0.5, 0.6) is 23.0 Å². The average Bonchev–Trinajstić information content (AvgIpc) is 2.92. The SMILES string of the molecule is CCCCCCOc1ccc(C2C(C#N)=C(N)Oc3cc(OC(=O)c4ccc(Br)cc4)ccc32)cc1OC. The molecule has 196 valence electrons. The van der Waals surface area contributed by atoms with E-state index in [1.165, 1.54) is 6.42 Å². The third-order valence-electron chi connectivity index (χ3n) is 6.26. The summed E-state index contributed by atoms with van der Waals surface area (Å²) in [5, 5.41) is 9.91. The van der Waals surface area contributed by atoms with Gasteiger partial charge in [0.2, 0.25) is 5.88 Å². The molecule has 3 aromatic rings. The lowest BCUT2D eigenvalue weighted by atomic mass is 9.83. The number of ether oxygens (including phenoxy) is 4. The predicted octanol–water partition coefficient (Wildman–Crippen LogP) is 6.85. The Balaban J connectivity index is 1.60. The molecule has 0 aromatic heterocycles. The summed E-state index contributed by atoms with van der Waals surface area (Å²) in [4.78, 5) is 12.6. The van der Waals surface area contributed by atoms with Crippen LogP contribution in [0.1, 0.15) is 60.0 Å². The van der Waals surface area contributed by atoms with Gasteiger partial charge in [0, 0.05) is 16.1 Å². The maximum absolute atomic E-state index is 12.6. The molecule has 7 nitrogen and oxygen atoms in total. The third-order valence-corrected chi connectivity index (χ3v) is 6.79. The molecule has 3 aromatic carbocycles. The van der Waals surface area contributed by atoms with Crippen molar-refractivity contribution in [3.05, 3.63) is 93.3 Å². The van der Waals surface area contributed by atoms with E-state index in [1.54, 1.807) is 49.6 Å². The maximum Gasteiger partial charge on any atom is 0.343 e. The Morgan fingerprint density at radius 1 is 1.05 bits per heavy atom. The highest BCUT2D eigenvalue weighted by Crippen LogP contribution is 2.45. The molecular weight excluding hydrogens is 548 g/mol. The van der Waals surface area contributed by atoms with Crippen LogP contribution in [0.25, 0.3) is 0 Å². The van der Waals surface area contributed by atoms with E-state index in [1.807, 2.05) is 18.2 Å². The number of fused-ring (bicyclic) bond motifs is 1. The van der Waals surface area contributed by atoms with Gasteiger partial charge >= 0.3 is 5.97 Å². The fraction of sp³-hybridized carbons (Fsp3) is 0.267. The van der Waals surface area contributed by atoms with E-state index in [0.29, 0.717) is 35.2 Å². The van der Waals surface area contributed by atoms with Gasteiger partial charge in [0.15, 0.2) is 11.5 Å². The normalized spacial score (nSPS) is 14.2. The van der Waals surface area contributed by atoms with Crippen LogP contribution in [0.3, 0.4) is 0 Å². The second-order valence-electron chi connectivity index (χ2n) is 8.84. The van der Waals surface area contributed by atoms with Gasteiger partial charge in [-0.2, -0.15) is 5.26 Å². The predicted molar refractivity (Wildman–Crippen MR) is 147 cm³/mol. The number of nitrogens with zero attached hydrogens (tertiary/aromatic N) is 1. The number of rotatable bonds is 10. The van der Waals surface area contributed by atoms with Crippen molar-refractivity contribution in [2.24, 2.45) is 5.73 Å². The first-order chi connectivity index (χ1) is 18.4. The summed E-state index contributed by atoms with van der Waals surface area (Å²) in [7, 11) is 1.59. The van der Waals surface area contributed by atoms with E-state index in [-0.39, 0.29) is 11.5 Å². The molecule has 38 heavy (non-hydrogen) atoms. The van der Waals surface area contributed by atoms with Crippen molar-refractivity contribution in [1.82, 2.24) is 0 Å². The monoisotopic (exact) mass is 576 g/mol. The van der Waals surface area contributed by atoms with Crippen molar-refractivity contribution in [1.29, 1.82) is 5.26 Å². The van der Waals surface area contributed by atoms with Gasteiger partial charge in [-0.15, -0.1) is 0 Å². The summed E-state index contributed by atoms with van der Waals surface area (Å²) < 4.78 is 23.8. The Morgan fingerprint density at radius 2 is 1.84 bits per heavy atom. The first-order valence-corrected chi connectivity index (χ1v) is 13.2. The zero-order valence-corrected chi connectivity index (χ0v) is 22.9. The molecule has 2 N–H and O–H groups in total. The summed E-state index contributed by atoms with van der Waals surface area (Å²) >= 11 is 3.35. The van der Waals surface area contributed by atoms with Crippen LogP contribution in [0.2, 0.25) is 0 Å². The summed E-state index contributed by atoms with van der Waals surface area (Å²) in [6.45, 7) is 2.78. The van der Waals surface area contributed by atoms with E-state index in [4.69, 9.17) is 24.7 Å². The van der Waals surface area contributed by atoms with Gasteiger partial charge in [0.05, 0.1) is 25.2 Å². The fourth-order valence-corrected chi connectivity index (χ4v) is 4.55. The molecular formula is C30H29BrN2O5. The minimum Gasteiger partial charge on any atom is -0.493 e. The molecule has 0 amide bonds. The number of allylic oxidation sites excluding steroid dienone is 1. The zero-order chi connectivity index (χ0) is 27.1. The van der Waals surface area contributed by atoms with Gasteiger partial charge in [0.25, 0.3) is 0 Å². The number of halogens is 1. The topological polar surface area (TPSA) is 104 Å². The Hall–Kier alpha value is -3.96. The number of methoxy groups -OCH3 is 1. The first-order valence-electron chi connectivity index (χ1n) is 12.4. The molecule has 4 rings (SSSR count). The smallest absolute Gasteiger partial charge is 0.343 e. The molecule has 1 aliphatic rings. The van der Waals surface area contributed by atoms with Crippen molar-refractivity contribution in [3.8, 4) is 29.1 Å². The Kier molecular flexibility index (Phi) is 8.93. The number of carbonyl (C=O) groups is 1. The highest BCUT2D eigenvalue weighted by Gasteiger charge is 2.32. The van der Waals surface area contributed by atoms with Crippen LogP contribution >= 0.6 is 15.9 Å². The number of nitriles is 1. The minimum absolute atomic E-state index is 0.00314. The number of hydrogen-bond donors (Lipinski definition) is 1. The highest BCUT2D eigenvalue weighted by molar-refractivity contribution is 9.10. The second kappa shape index (κ2) is 12.5. The quantitative estimate of drug-likeness (QED) is 0.160. The summed E-state index contributed by atoms with van der Waals surface area (Å²) in [6.07, 6.45) is 4.43. The number of carbonyl (C=O) groups excluding carboxylic acids is 1. The van der Waals surface area contributed by atoms with Gasteiger partial charge in [0.1, 0.15) is 23.1 Å². The summed E-state index contributed by atoms with van der Waals surface area (Å²) in [5.74, 6) is 0.925. The van der Waals surface area contributed by atoms with E-state index in [9.17, 15) is 10.1 Å². The lowest BCUT2D eigenvalue weighted by Crippen LogP contribution is -2.21. The van der Waals surface area contributed by atoms with Crippen LogP contribution < -0.4 is 24.7 Å². The first kappa shape index (κ1) is 27.1. The Morgan fingerprint density at radius 3 is 2.55 bits per heavy atom. The largest absolute Gasteiger partial charge is 0.493 e. The zero-order valence-electron chi connectivity index (χ0n) is 21.3. The molecule has 0 saturated heterocycles. The number of esters is 1. The number of hydrogen-bond acceptors (Lipinski definition) is 7. The van der Waals surface area contributed by atoms with E-state index in [0.717, 1.165) is 34.9 Å². The molecule has 0 radical (unpaired) electrons. The van der Waals surface area contributed by atoms with E-state index >= 15 is 0 Å². The van der Waals surface area contributed by atoms with Crippen molar-refractivity contribution in [3.63, 3.8) is 0 Å². The molecule has 0 saturated carbocycles. The minimum atomic E-state index is -0.499. The van der Waals surface area contributed by atoms with E-state index in [2.05, 4.69) is 28.9 Å². The van der Waals surface area contributed by atoms with Gasteiger partial charge in [-0.1, -0.05) is 54.2 Å².